The van der Waals surface area contributed by atoms with Crippen molar-refractivity contribution in [2.24, 2.45) is 0 Å². The molecule has 0 radical (unpaired) electrons. The first-order valence-corrected chi connectivity index (χ1v) is 6.42. The second-order valence-electron chi connectivity index (χ2n) is 3.92. The number of alkyl halides is 1. The van der Waals surface area contributed by atoms with Gasteiger partial charge >= 0.3 is 0 Å². The van der Waals surface area contributed by atoms with E-state index < -0.39 is 11.7 Å². The maximum atomic E-state index is 13.3. The third-order valence-electron chi connectivity index (χ3n) is 2.52. The largest absolute Gasteiger partial charge is 0.322 e. The van der Waals surface area contributed by atoms with E-state index in [1.807, 2.05) is 6.07 Å². The van der Waals surface area contributed by atoms with Crippen LogP contribution in [0.15, 0.2) is 42.5 Å². The average molecular weight is 298 g/mol. The summed E-state index contributed by atoms with van der Waals surface area (Å²) in [5, 5.41) is 2.66. The first kappa shape index (κ1) is 13.8. The van der Waals surface area contributed by atoms with E-state index in [0.717, 1.165) is 11.6 Å². The van der Waals surface area contributed by atoms with Gasteiger partial charge in [-0.15, -0.1) is 11.6 Å². The standard InChI is InChI=1S/C14H10Cl2FNO/c15-8-9-2-1-3-11(6-9)18-14(19)10-4-5-12(16)13(17)7-10/h1-7H,8H2,(H,18,19). The van der Waals surface area contributed by atoms with Crippen molar-refractivity contribution in [3.8, 4) is 0 Å². The average Bonchev–Trinajstić information content (AvgIpc) is 2.42. The molecule has 0 bridgehead atoms. The van der Waals surface area contributed by atoms with Crippen LogP contribution in [0.25, 0.3) is 0 Å². The van der Waals surface area contributed by atoms with E-state index in [1.54, 1.807) is 18.2 Å². The lowest BCUT2D eigenvalue weighted by atomic mass is 10.2. The van der Waals surface area contributed by atoms with E-state index in [-0.39, 0.29) is 10.6 Å². The molecule has 0 atom stereocenters. The van der Waals surface area contributed by atoms with Crippen molar-refractivity contribution in [1.29, 1.82) is 0 Å². The van der Waals surface area contributed by atoms with Gasteiger partial charge in [0.15, 0.2) is 0 Å². The molecule has 5 heteroatoms. The molecule has 0 aliphatic heterocycles. The molecule has 0 spiro atoms. The lowest BCUT2D eigenvalue weighted by molar-refractivity contribution is 0.102. The van der Waals surface area contributed by atoms with E-state index in [0.29, 0.717) is 11.6 Å². The normalized spacial score (nSPS) is 10.3. The monoisotopic (exact) mass is 297 g/mol. The van der Waals surface area contributed by atoms with Gasteiger partial charge in [0, 0.05) is 17.1 Å². The van der Waals surface area contributed by atoms with Gasteiger partial charge in [-0.05, 0) is 35.9 Å². The second kappa shape index (κ2) is 6.04. The summed E-state index contributed by atoms with van der Waals surface area (Å²) in [5.41, 5.74) is 1.71. The topological polar surface area (TPSA) is 29.1 Å². The summed E-state index contributed by atoms with van der Waals surface area (Å²) in [4.78, 5) is 11.9. The van der Waals surface area contributed by atoms with Gasteiger partial charge < -0.3 is 5.32 Å². The van der Waals surface area contributed by atoms with Crippen molar-refractivity contribution in [3.63, 3.8) is 0 Å². The fraction of sp³-hybridized carbons (Fsp3) is 0.0714. The van der Waals surface area contributed by atoms with E-state index in [2.05, 4.69) is 5.32 Å². The molecule has 0 saturated carbocycles. The number of benzene rings is 2. The maximum Gasteiger partial charge on any atom is 0.255 e. The molecule has 0 aromatic heterocycles. The zero-order valence-electron chi connectivity index (χ0n) is 9.79. The van der Waals surface area contributed by atoms with Crippen LogP contribution in [0.1, 0.15) is 15.9 Å². The highest BCUT2D eigenvalue weighted by Gasteiger charge is 2.09. The van der Waals surface area contributed by atoms with Crippen LogP contribution in [0.4, 0.5) is 10.1 Å². The fourth-order valence-corrected chi connectivity index (χ4v) is 1.86. The SMILES string of the molecule is O=C(Nc1cccc(CCl)c1)c1ccc(Cl)c(F)c1. The van der Waals surface area contributed by atoms with Crippen molar-refractivity contribution in [2.45, 2.75) is 5.88 Å². The highest BCUT2D eigenvalue weighted by molar-refractivity contribution is 6.30. The Morgan fingerprint density at radius 3 is 2.68 bits per heavy atom. The first-order chi connectivity index (χ1) is 9.10. The van der Waals surface area contributed by atoms with Gasteiger partial charge in [0.2, 0.25) is 0 Å². The molecule has 19 heavy (non-hydrogen) atoms. The summed E-state index contributed by atoms with van der Waals surface area (Å²) in [6.45, 7) is 0. The van der Waals surface area contributed by atoms with Crippen LogP contribution >= 0.6 is 23.2 Å². The number of amides is 1. The Hall–Kier alpha value is -1.58. The van der Waals surface area contributed by atoms with Crippen LogP contribution < -0.4 is 5.32 Å². The Morgan fingerprint density at radius 2 is 2.00 bits per heavy atom. The smallest absolute Gasteiger partial charge is 0.255 e. The van der Waals surface area contributed by atoms with Crippen LogP contribution in [0.5, 0.6) is 0 Å². The molecule has 2 rings (SSSR count). The molecule has 2 aromatic carbocycles. The van der Waals surface area contributed by atoms with Crippen molar-refractivity contribution < 1.29 is 9.18 Å². The summed E-state index contributed by atoms with van der Waals surface area (Å²) in [6.07, 6.45) is 0. The minimum atomic E-state index is -0.621. The van der Waals surface area contributed by atoms with Crippen molar-refractivity contribution in [1.82, 2.24) is 0 Å². The summed E-state index contributed by atoms with van der Waals surface area (Å²) >= 11 is 11.3. The van der Waals surface area contributed by atoms with E-state index in [9.17, 15) is 9.18 Å². The number of hydrogen-bond acceptors (Lipinski definition) is 1. The number of halogens is 3. The third-order valence-corrected chi connectivity index (χ3v) is 3.14. The number of anilines is 1. The van der Waals surface area contributed by atoms with E-state index >= 15 is 0 Å². The van der Waals surface area contributed by atoms with Crippen LogP contribution in [0, 0.1) is 5.82 Å². The van der Waals surface area contributed by atoms with Crippen molar-refractivity contribution in [3.05, 3.63) is 64.4 Å². The zero-order valence-corrected chi connectivity index (χ0v) is 11.3. The van der Waals surface area contributed by atoms with Gasteiger partial charge in [0.25, 0.3) is 5.91 Å². The maximum absolute atomic E-state index is 13.3. The van der Waals surface area contributed by atoms with Crippen molar-refractivity contribution >= 4 is 34.8 Å². The van der Waals surface area contributed by atoms with E-state index in [4.69, 9.17) is 23.2 Å². The van der Waals surface area contributed by atoms with Crippen LogP contribution in [-0.4, -0.2) is 5.91 Å². The Labute approximate surface area is 120 Å². The molecule has 0 aliphatic carbocycles. The number of carbonyl (C=O) groups excluding carboxylic acids is 1. The Balaban J connectivity index is 2.18. The summed E-state index contributed by atoms with van der Waals surface area (Å²) in [7, 11) is 0. The lowest BCUT2D eigenvalue weighted by Crippen LogP contribution is -2.12. The van der Waals surface area contributed by atoms with Gasteiger partial charge in [-0.3, -0.25) is 4.79 Å². The number of hydrogen-bond donors (Lipinski definition) is 1. The van der Waals surface area contributed by atoms with Gasteiger partial charge in [0.05, 0.1) is 5.02 Å². The van der Waals surface area contributed by atoms with Crippen molar-refractivity contribution in [2.75, 3.05) is 5.32 Å². The second-order valence-corrected chi connectivity index (χ2v) is 4.59. The Bertz CT molecular complexity index is 616. The molecule has 0 fully saturated rings. The molecule has 2 aromatic rings. The molecular weight excluding hydrogens is 288 g/mol. The molecule has 98 valence electrons. The Kier molecular flexibility index (Phi) is 4.40. The number of nitrogens with one attached hydrogen (secondary N) is 1. The Morgan fingerprint density at radius 1 is 1.21 bits per heavy atom. The highest BCUT2D eigenvalue weighted by atomic mass is 35.5. The minimum Gasteiger partial charge on any atom is -0.322 e. The summed E-state index contributed by atoms with van der Waals surface area (Å²) in [5.74, 6) is -0.662. The first-order valence-electron chi connectivity index (χ1n) is 5.51. The van der Waals surface area contributed by atoms with Crippen LogP contribution in [0.3, 0.4) is 0 Å². The zero-order chi connectivity index (χ0) is 13.8. The summed E-state index contributed by atoms with van der Waals surface area (Å²) in [6, 6.07) is 11.0. The van der Waals surface area contributed by atoms with Gasteiger partial charge in [0.1, 0.15) is 5.82 Å². The quantitative estimate of drug-likeness (QED) is 0.832. The van der Waals surface area contributed by atoms with Gasteiger partial charge in [-0.25, -0.2) is 4.39 Å². The van der Waals surface area contributed by atoms with Crippen LogP contribution in [-0.2, 0) is 5.88 Å². The van der Waals surface area contributed by atoms with E-state index in [1.165, 1.54) is 12.1 Å². The molecule has 0 saturated heterocycles. The van der Waals surface area contributed by atoms with Gasteiger partial charge in [-0.2, -0.15) is 0 Å². The predicted octanol–water partition coefficient (Wildman–Crippen LogP) is 4.47. The molecular formula is C14H10Cl2FNO. The minimum absolute atomic E-state index is 0.0133. The molecule has 1 N–H and O–H groups in total. The number of rotatable bonds is 3. The molecule has 0 heterocycles. The lowest BCUT2D eigenvalue weighted by Gasteiger charge is -2.07. The predicted molar refractivity (Wildman–Crippen MR) is 75.4 cm³/mol. The van der Waals surface area contributed by atoms with Crippen LogP contribution in [0.2, 0.25) is 5.02 Å². The highest BCUT2D eigenvalue weighted by Crippen LogP contribution is 2.17. The molecule has 0 aliphatic rings. The third kappa shape index (κ3) is 3.46. The molecule has 0 unspecified atom stereocenters. The fourth-order valence-electron chi connectivity index (χ4n) is 1.57. The number of carbonyl (C=O) groups is 1. The molecule has 2 nitrogen and oxygen atoms in total. The van der Waals surface area contributed by atoms with Gasteiger partial charge in [-0.1, -0.05) is 23.7 Å². The summed E-state index contributed by atoms with van der Waals surface area (Å²) < 4.78 is 13.3. The molecule has 1 amide bonds.